The number of amides is 2. The van der Waals surface area contributed by atoms with E-state index in [-0.39, 0.29) is 11.6 Å². The van der Waals surface area contributed by atoms with Crippen LogP contribution < -0.4 is 10.9 Å². The molecule has 0 aromatic carbocycles. The highest BCUT2D eigenvalue weighted by molar-refractivity contribution is 5.94. The van der Waals surface area contributed by atoms with Crippen molar-refractivity contribution >= 4 is 11.8 Å². The average Bonchev–Trinajstić information content (AvgIpc) is 3.08. The summed E-state index contributed by atoms with van der Waals surface area (Å²) < 4.78 is 5.54. The van der Waals surface area contributed by atoms with Crippen LogP contribution in [0.5, 0.6) is 0 Å². The molecule has 1 saturated heterocycles. The van der Waals surface area contributed by atoms with E-state index in [4.69, 9.17) is 4.74 Å². The van der Waals surface area contributed by atoms with Crippen LogP contribution in [-0.4, -0.2) is 29.5 Å². The number of carbonyl (C=O) groups is 2. The highest BCUT2D eigenvalue weighted by Crippen LogP contribution is 2.40. The minimum atomic E-state index is -0.438. The van der Waals surface area contributed by atoms with Gasteiger partial charge in [-0.15, -0.1) is 0 Å². The van der Waals surface area contributed by atoms with Crippen LogP contribution >= 0.6 is 0 Å². The number of nitrogens with one attached hydrogen (secondary N) is 2. The molecule has 1 saturated carbocycles. The lowest BCUT2D eigenvalue weighted by atomic mass is 9.94. The van der Waals surface area contributed by atoms with E-state index in [0.29, 0.717) is 18.4 Å². The van der Waals surface area contributed by atoms with Crippen LogP contribution in [-0.2, 0) is 9.53 Å². The summed E-state index contributed by atoms with van der Waals surface area (Å²) in [5, 5.41) is 0. The van der Waals surface area contributed by atoms with Gasteiger partial charge in [0, 0.05) is 6.20 Å². The molecule has 1 aliphatic heterocycles. The van der Waals surface area contributed by atoms with E-state index >= 15 is 0 Å². The van der Waals surface area contributed by atoms with E-state index in [9.17, 15) is 9.59 Å². The molecule has 106 valence electrons. The van der Waals surface area contributed by atoms with Gasteiger partial charge in [-0.2, -0.15) is 0 Å². The highest BCUT2D eigenvalue weighted by atomic mass is 16.5. The summed E-state index contributed by atoms with van der Waals surface area (Å²) in [4.78, 5) is 27.7. The summed E-state index contributed by atoms with van der Waals surface area (Å²) >= 11 is 0. The third-order valence-corrected chi connectivity index (χ3v) is 4.05. The lowest BCUT2D eigenvalue weighted by Crippen LogP contribution is -2.48. The molecule has 1 aromatic rings. The fourth-order valence-corrected chi connectivity index (χ4v) is 3.04. The molecule has 0 bridgehead atoms. The maximum Gasteiger partial charge on any atom is 0.288 e. The maximum absolute atomic E-state index is 12.1. The first-order valence-corrected chi connectivity index (χ1v) is 6.88. The SMILES string of the molecule is O=C(NNC(=O)[C@@H]1OC[C@@H]2CCC[C@@H]21)c1ccccn1. The van der Waals surface area contributed by atoms with Crippen LogP contribution in [0.4, 0.5) is 0 Å². The third kappa shape index (κ3) is 2.51. The molecule has 2 amide bonds. The molecule has 2 fully saturated rings. The molecule has 20 heavy (non-hydrogen) atoms. The summed E-state index contributed by atoms with van der Waals surface area (Å²) in [6.07, 6.45) is 4.40. The minimum absolute atomic E-state index is 0.263. The van der Waals surface area contributed by atoms with Crippen LogP contribution in [0, 0.1) is 11.8 Å². The molecule has 1 aromatic heterocycles. The molecule has 3 atom stereocenters. The molecule has 6 heteroatoms. The molecule has 0 radical (unpaired) electrons. The first kappa shape index (κ1) is 13.1. The first-order valence-electron chi connectivity index (χ1n) is 6.88. The Morgan fingerprint density at radius 2 is 2.15 bits per heavy atom. The van der Waals surface area contributed by atoms with Gasteiger partial charge in [-0.05, 0) is 36.8 Å². The fourth-order valence-electron chi connectivity index (χ4n) is 3.04. The van der Waals surface area contributed by atoms with Gasteiger partial charge in [0.05, 0.1) is 6.61 Å². The number of hydrogen-bond acceptors (Lipinski definition) is 4. The second-order valence-corrected chi connectivity index (χ2v) is 5.27. The highest BCUT2D eigenvalue weighted by Gasteiger charge is 2.43. The van der Waals surface area contributed by atoms with Gasteiger partial charge < -0.3 is 4.74 Å². The van der Waals surface area contributed by atoms with Gasteiger partial charge in [-0.25, -0.2) is 0 Å². The Bertz CT molecular complexity index is 506. The average molecular weight is 275 g/mol. The van der Waals surface area contributed by atoms with Crippen molar-refractivity contribution in [1.82, 2.24) is 15.8 Å². The maximum atomic E-state index is 12.1. The molecule has 6 nitrogen and oxygen atoms in total. The van der Waals surface area contributed by atoms with Crippen LogP contribution in [0.15, 0.2) is 24.4 Å². The van der Waals surface area contributed by atoms with Crippen molar-refractivity contribution in [2.45, 2.75) is 25.4 Å². The molecule has 3 rings (SSSR count). The van der Waals surface area contributed by atoms with Gasteiger partial charge in [-0.3, -0.25) is 25.4 Å². The van der Waals surface area contributed by atoms with E-state index in [1.54, 1.807) is 18.2 Å². The largest absolute Gasteiger partial charge is 0.368 e. The number of fused-ring (bicyclic) bond motifs is 1. The number of carbonyl (C=O) groups excluding carboxylic acids is 2. The standard InChI is InChI=1S/C14H17N3O3/c18-13(11-6-1-2-7-15-11)16-17-14(19)12-10-5-3-4-9(10)8-20-12/h1-2,6-7,9-10,12H,3-5,8H2,(H,16,18)(H,17,19)/t9-,10-,12+/m0/s1. The van der Waals surface area contributed by atoms with E-state index in [1.165, 1.54) is 6.20 Å². The predicted molar refractivity (Wildman–Crippen MR) is 70.4 cm³/mol. The molecule has 0 spiro atoms. The Labute approximate surface area is 116 Å². The number of rotatable bonds is 2. The second-order valence-electron chi connectivity index (χ2n) is 5.27. The summed E-state index contributed by atoms with van der Waals surface area (Å²) in [5.74, 6) is 0.0857. The van der Waals surface area contributed by atoms with Crippen molar-refractivity contribution in [1.29, 1.82) is 0 Å². The molecular weight excluding hydrogens is 258 g/mol. The van der Waals surface area contributed by atoms with Gasteiger partial charge in [0.15, 0.2) is 0 Å². The van der Waals surface area contributed by atoms with E-state index in [2.05, 4.69) is 15.8 Å². The Kier molecular flexibility index (Phi) is 3.64. The summed E-state index contributed by atoms with van der Waals surface area (Å²) in [7, 11) is 0. The Balaban J connectivity index is 1.54. The van der Waals surface area contributed by atoms with Crippen molar-refractivity contribution in [2.75, 3.05) is 6.61 Å². The summed E-state index contributed by atoms with van der Waals surface area (Å²) in [6, 6.07) is 5.02. The normalized spacial score (nSPS) is 27.9. The Hall–Kier alpha value is -1.95. The Morgan fingerprint density at radius 1 is 1.25 bits per heavy atom. The number of pyridine rings is 1. The van der Waals surface area contributed by atoms with Crippen molar-refractivity contribution in [3.8, 4) is 0 Å². The van der Waals surface area contributed by atoms with Gasteiger partial charge in [0.25, 0.3) is 11.8 Å². The minimum Gasteiger partial charge on any atom is -0.368 e. The van der Waals surface area contributed by atoms with Crippen molar-refractivity contribution in [3.05, 3.63) is 30.1 Å². The number of nitrogens with zero attached hydrogens (tertiary/aromatic N) is 1. The van der Waals surface area contributed by atoms with Crippen LogP contribution in [0.2, 0.25) is 0 Å². The summed E-state index contributed by atoms with van der Waals surface area (Å²) in [6.45, 7) is 0.650. The lowest BCUT2D eigenvalue weighted by molar-refractivity contribution is -0.132. The fraction of sp³-hybridized carbons (Fsp3) is 0.500. The van der Waals surface area contributed by atoms with Crippen LogP contribution in [0.3, 0.4) is 0 Å². The first-order chi connectivity index (χ1) is 9.75. The van der Waals surface area contributed by atoms with Crippen molar-refractivity contribution < 1.29 is 14.3 Å². The molecule has 1 aliphatic carbocycles. The zero-order valence-electron chi connectivity index (χ0n) is 11.0. The molecule has 2 N–H and O–H groups in total. The third-order valence-electron chi connectivity index (χ3n) is 4.05. The topological polar surface area (TPSA) is 80.3 Å². The number of hydrazine groups is 1. The predicted octanol–water partition coefficient (Wildman–Crippen LogP) is 0.658. The van der Waals surface area contributed by atoms with Gasteiger partial charge in [0.2, 0.25) is 0 Å². The zero-order chi connectivity index (χ0) is 13.9. The van der Waals surface area contributed by atoms with Crippen LogP contribution in [0.1, 0.15) is 29.8 Å². The van der Waals surface area contributed by atoms with E-state index in [1.807, 2.05) is 0 Å². The Morgan fingerprint density at radius 3 is 2.95 bits per heavy atom. The quantitative estimate of drug-likeness (QED) is 0.777. The summed E-state index contributed by atoms with van der Waals surface area (Å²) in [5.41, 5.74) is 5.07. The van der Waals surface area contributed by atoms with Crippen LogP contribution in [0.25, 0.3) is 0 Å². The smallest absolute Gasteiger partial charge is 0.288 e. The monoisotopic (exact) mass is 275 g/mol. The van der Waals surface area contributed by atoms with E-state index in [0.717, 1.165) is 19.3 Å². The second kappa shape index (κ2) is 5.58. The number of aromatic nitrogens is 1. The molecular formula is C14H17N3O3. The number of ether oxygens (including phenoxy) is 1. The van der Waals surface area contributed by atoms with Crippen molar-refractivity contribution in [3.63, 3.8) is 0 Å². The van der Waals surface area contributed by atoms with Gasteiger partial charge >= 0.3 is 0 Å². The molecule has 2 aliphatic rings. The molecule has 0 unspecified atom stereocenters. The van der Waals surface area contributed by atoms with Gasteiger partial charge in [0.1, 0.15) is 11.8 Å². The number of hydrogen-bond donors (Lipinski definition) is 2. The van der Waals surface area contributed by atoms with Gasteiger partial charge in [-0.1, -0.05) is 12.5 Å². The lowest BCUT2D eigenvalue weighted by Gasteiger charge is -2.16. The van der Waals surface area contributed by atoms with Crippen molar-refractivity contribution in [2.24, 2.45) is 11.8 Å². The molecule has 2 heterocycles. The van der Waals surface area contributed by atoms with E-state index < -0.39 is 12.0 Å². The zero-order valence-corrected chi connectivity index (χ0v) is 11.0.